The van der Waals surface area contributed by atoms with Crippen molar-refractivity contribution in [1.29, 1.82) is 0 Å². The van der Waals surface area contributed by atoms with Crippen LogP contribution in [-0.4, -0.2) is 24.0 Å². The van der Waals surface area contributed by atoms with Crippen LogP contribution in [0.1, 0.15) is 45.0 Å². The van der Waals surface area contributed by atoms with Gasteiger partial charge >= 0.3 is 0 Å². The molecule has 20 heavy (non-hydrogen) atoms. The molecule has 112 valence electrons. The molecule has 0 radical (unpaired) electrons. The molecular weight excluding hydrogens is 318 g/mol. The van der Waals surface area contributed by atoms with E-state index in [0.29, 0.717) is 23.8 Å². The molecule has 0 bridgehead atoms. The maximum Gasteiger partial charge on any atom is 0.255 e. The monoisotopic (exact) mass is 341 g/mol. The van der Waals surface area contributed by atoms with E-state index in [1.807, 2.05) is 6.92 Å². The highest BCUT2D eigenvalue weighted by molar-refractivity contribution is 9.10. The second-order valence-electron chi connectivity index (χ2n) is 5.91. The molecule has 2 N–H and O–H groups in total. The number of nitrogens with zero attached hydrogens (tertiary/aromatic N) is 1. The number of nitrogens with one attached hydrogen (secondary N) is 2. The number of carbonyl (C=O) groups excluding carboxylic acids is 1. The second-order valence-corrected chi connectivity index (χ2v) is 6.82. The molecule has 0 saturated heterocycles. The highest BCUT2D eigenvalue weighted by Gasteiger charge is 2.24. The number of hydrogen-bond acceptors (Lipinski definition) is 3. The summed E-state index contributed by atoms with van der Waals surface area (Å²) in [6.07, 6.45) is 1.69. The summed E-state index contributed by atoms with van der Waals surface area (Å²) in [5, 5.41) is 6.12. The lowest BCUT2D eigenvalue weighted by molar-refractivity contribution is 0.0925. The van der Waals surface area contributed by atoms with Crippen LogP contribution in [0.25, 0.3) is 0 Å². The lowest BCUT2D eigenvalue weighted by Crippen LogP contribution is -2.37. The van der Waals surface area contributed by atoms with Gasteiger partial charge in [0.05, 0.1) is 5.56 Å². The number of hydrogen-bond donors (Lipinski definition) is 2. The number of pyridine rings is 1. The zero-order valence-electron chi connectivity index (χ0n) is 12.9. The van der Waals surface area contributed by atoms with Crippen LogP contribution in [0.15, 0.2) is 16.7 Å². The summed E-state index contributed by atoms with van der Waals surface area (Å²) in [7, 11) is 0. The van der Waals surface area contributed by atoms with Gasteiger partial charge in [0.1, 0.15) is 5.82 Å². The van der Waals surface area contributed by atoms with E-state index in [1.54, 1.807) is 12.3 Å². The number of carbonyl (C=O) groups is 1. The van der Waals surface area contributed by atoms with E-state index in [1.165, 1.54) is 0 Å². The normalized spacial score (nSPS) is 11.6. The lowest BCUT2D eigenvalue weighted by Gasteiger charge is -2.29. The molecule has 0 saturated carbocycles. The van der Waals surface area contributed by atoms with Gasteiger partial charge in [0.15, 0.2) is 0 Å². The van der Waals surface area contributed by atoms with Crippen LogP contribution in [0.3, 0.4) is 0 Å². The molecule has 0 aliphatic rings. The Bertz CT molecular complexity index is 472. The molecule has 0 aromatic carbocycles. The first-order valence-electron chi connectivity index (χ1n) is 6.95. The average molecular weight is 342 g/mol. The predicted octanol–water partition coefficient (Wildman–Crippen LogP) is 3.69. The minimum Gasteiger partial charge on any atom is -0.370 e. The third-order valence-electron chi connectivity index (χ3n) is 3.71. The predicted molar refractivity (Wildman–Crippen MR) is 87.1 cm³/mol. The van der Waals surface area contributed by atoms with Crippen molar-refractivity contribution < 1.29 is 4.79 Å². The van der Waals surface area contributed by atoms with E-state index in [2.05, 4.69) is 59.2 Å². The van der Waals surface area contributed by atoms with Gasteiger partial charge < -0.3 is 10.6 Å². The summed E-state index contributed by atoms with van der Waals surface area (Å²) in [6, 6.07) is 1.79. The van der Waals surface area contributed by atoms with Crippen molar-refractivity contribution >= 4 is 27.7 Å². The number of anilines is 1. The van der Waals surface area contributed by atoms with Crippen LogP contribution in [-0.2, 0) is 0 Å². The summed E-state index contributed by atoms with van der Waals surface area (Å²) in [5.41, 5.74) is 0.633. The minimum atomic E-state index is -0.0940. The third kappa shape index (κ3) is 4.47. The number of halogens is 1. The Kier molecular flexibility index (Phi) is 5.99. The van der Waals surface area contributed by atoms with Crippen molar-refractivity contribution in [2.24, 2.45) is 11.3 Å². The van der Waals surface area contributed by atoms with Gasteiger partial charge in [-0.3, -0.25) is 4.79 Å². The largest absolute Gasteiger partial charge is 0.370 e. The fourth-order valence-electron chi connectivity index (χ4n) is 1.53. The average Bonchev–Trinajstić information content (AvgIpc) is 2.38. The van der Waals surface area contributed by atoms with Crippen molar-refractivity contribution in [1.82, 2.24) is 10.3 Å². The molecule has 1 heterocycles. The molecular formula is C15H24BrN3O. The Labute approximate surface area is 129 Å². The van der Waals surface area contributed by atoms with Crippen LogP contribution in [0.2, 0.25) is 0 Å². The zero-order chi connectivity index (χ0) is 15.3. The van der Waals surface area contributed by atoms with Gasteiger partial charge in [0.25, 0.3) is 5.91 Å². The minimum absolute atomic E-state index is 0.0629. The van der Waals surface area contributed by atoms with Gasteiger partial charge in [-0.05, 0) is 40.3 Å². The third-order valence-corrected chi connectivity index (χ3v) is 4.14. The van der Waals surface area contributed by atoms with Crippen LogP contribution in [0.5, 0.6) is 0 Å². The quantitative estimate of drug-likeness (QED) is 0.829. The smallest absolute Gasteiger partial charge is 0.255 e. The Morgan fingerprint density at radius 1 is 1.45 bits per heavy atom. The molecule has 1 aromatic heterocycles. The number of amides is 1. The van der Waals surface area contributed by atoms with Gasteiger partial charge in [0, 0.05) is 23.8 Å². The molecule has 0 fully saturated rings. The Hall–Kier alpha value is -1.10. The van der Waals surface area contributed by atoms with Crippen molar-refractivity contribution in [3.05, 3.63) is 22.3 Å². The maximum atomic E-state index is 12.3. The molecule has 0 spiro atoms. The van der Waals surface area contributed by atoms with E-state index >= 15 is 0 Å². The van der Waals surface area contributed by atoms with E-state index in [9.17, 15) is 4.79 Å². The summed E-state index contributed by atoms with van der Waals surface area (Å²) in [4.78, 5) is 16.6. The standard InChI is InChI=1S/C15H24BrN3O/c1-6-17-13-12(7-11(16)8-18-13)14(20)19-9-15(4,5)10(2)3/h7-8,10H,6,9H2,1-5H3,(H,17,18)(H,19,20). The fraction of sp³-hybridized carbons (Fsp3) is 0.600. The molecule has 5 heteroatoms. The van der Waals surface area contributed by atoms with Crippen molar-refractivity contribution in [3.8, 4) is 0 Å². The van der Waals surface area contributed by atoms with Gasteiger partial charge in [-0.15, -0.1) is 0 Å². The molecule has 1 amide bonds. The van der Waals surface area contributed by atoms with Crippen molar-refractivity contribution in [3.63, 3.8) is 0 Å². The molecule has 1 aromatic rings. The molecule has 1 rings (SSSR count). The Morgan fingerprint density at radius 2 is 2.10 bits per heavy atom. The van der Waals surface area contributed by atoms with Crippen molar-refractivity contribution in [2.75, 3.05) is 18.4 Å². The fourth-order valence-corrected chi connectivity index (χ4v) is 1.86. The topological polar surface area (TPSA) is 54.0 Å². The maximum absolute atomic E-state index is 12.3. The lowest BCUT2D eigenvalue weighted by atomic mass is 9.81. The number of aromatic nitrogens is 1. The molecule has 0 atom stereocenters. The Morgan fingerprint density at radius 3 is 2.65 bits per heavy atom. The van der Waals surface area contributed by atoms with Crippen molar-refractivity contribution in [2.45, 2.75) is 34.6 Å². The first kappa shape index (κ1) is 17.0. The zero-order valence-corrected chi connectivity index (χ0v) is 14.5. The van der Waals surface area contributed by atoms with Gasteiger partial charge in [0.2, 0.25) is 0 Å². The SMILES string of the molecule is CCNc1ncc(Br)cc1C(=O)NCC(C)(C)C(C)C. The molecule has 4 nitrogen and oxygen atoms in total. The van der Waals surface area contributed by atoms with E-state index in [-0.39, 0.29) is 11.3 Å². The number of rotatable bonds is 6. The van der Waals surface area contributed by atoms with Crippen LogP contribution < -0.4 is 10.6 Å². The molecule has 0 aliphatic carbocycles. The van der Waals surface area contributed by atoms with Gasteiger partial charge in [-0.1, -0.05) is 27.7 Å². The van der Waals surface area contributed by atoms with Gasteiger partial charge in [-0.25, -0.2) is 4.98 Å². The van der Waals surface area contributed by atoms with E-state index in [0.717, 1.165) is 11.0 Å². The van der Waals surface area contributed by atoms with Crippen LogP contribution in [0.4, 0.5) is 5.82 Å². The summed E-state index contributed by atoms with van der Waals surface area (Å²) >= 11 is 3.36. The van der Waals surface area contributed by atoms with Crippen LogP contribution >= 0.6 is 15.9 Å². The Balaban J connectivity index is 2.84. The van der Waals surface area contributed by atoms with E-state index < -0.39 is 0 Å². The first-order chi connectivity index (χ1) is 9.27. The molecule has 0 aliphatic heterocycles. The molecule has 0 unspecified atom stereocenters. The summed E-state index contributed by atoms with van der Waals surface area (Å²) in [6.45, 7) is 12.0. The highest BCUT2D eigenvalue weighted by Crippen LogP contribution is 2.25. The summed E-state index contributed by atoms with van der Waals surface area (Å²) in [5.74, 6) is 1.02. The van der Waals surface area contributed by atoms with E-state index in [4.69, 9.17) is 0 Å². The first-order valence-corrected chi connectivity index (χ1v) is 7.75. The van der Waals surface area contributed by atoms with Crippen LogP contribution in [0, 0.1) is 11.3 Å². The highest BCUT2D eigenvalue weighted by atomic mass is 79.9. The summed E-state index contributed by atoms with van der Waals surface area (Å²) < 4.78 is 0.799. The van der Waals surface area contributed by atoms with Gasteiger partial charge in [-0.2, -0.15) is 0 Å². The second kappa shape index (κ2) is 7.07.